The summed E-state index contributed by atoms with van der Waals surface area (Å²) >= 11 is 10.5. The minimum absolute atomic E-state index is 0.347. The van der Waals surface area contributed by atoms with Crippen molar-refractivity contribution in [3.8, 4) is 0 Å². The highest BCUT2D eigenvalue weighted by Gasteiger charge is 2.52. The first-order chi connectivity index (χ1) is 7.74. The van der Waals surface area contributed by atoms with Crippen LogP contribution in [0.5, 0.6) is 0 Å². The highest BCUT2D eigenvalue weighted by atomic mass is 35.5. The Morgan fingerprint density at radius 1 is 1.12 bits per heavy atom. The van der Waals surface area contributed by atoms with Crippen LogP contribution in [0, 0.1) is 0 Å². The Morgan fingerprint density at radius 3 is 2.18 bits per heavy atom. The lowest BCUT2D eigenvalue weighted by Crippen LogP contribution is -2.41. The summed E-state index contributed by atoms with van der Waals surface area (Å²) < 4.78 is 11.9. The second-order valence-corrected chi connectivity index (χ2v) is 6.12. The fraction of sp³-hybridized carbons (Fsp3) is 0.500. The van der Waals surface area contributed by atoms with E-state index in [2.05, 4.69) is 12.6 Å². The average molecular weight is 271 g/mol. The minimum Gasteiger partial charge on any atom is -0.399 e. The highest BCUT2D eigenvalue weighted by molar-refractivity contribution is 7.80. The van der Waals surface area contributed by atoms with Crippen molar-refractivity contribution in [2.75, 3.05) is 0 Å². The van der Waals surface area contributed by atoms with E-state index in [4.69, 9.17) is 20.9 Å². The number of hydrogen-bond donors (Lipinski definition) is 1. The molecule has 1 aliphatic rings. The first kappa shape index (κ1) is 13.3. The summed E-state index contributed by atoms with van der Waals surface area (Å²) in [5.41, 5.74) is 0.180. The van der Waals surface area contributed by atoms with Gasteiger partial charge in [0.25, 0.3) is 0 Å². The van der Waals surface area contributed by atoms with E-state index in [0.29, 0.717) is 9.92 Å². The molecule has 0 saturated carbocycles. The van der Waals surface area contributed by atoms with Gasteiger partial charge in [0.1, 0.15) is 0 Å². The lowest BCUT2D eigenvalue weighted by Gasteiger charge is -2.32. The van der Waals surface area contributed by atoms with E-state index in [9.17, 15) is 0 Å². The maximum Gasteiger partial charge on any atom is 0.496 e. The summed E-state index contributed by atoms with van der Waals surface area (Å²) in [6, 6.07) is 5.61. The van der Waals surface area contributed by atoms with Gasteiger partial charge in [-0.15, -0.1) is 12.6 Å². The van der Waals surface area contributed by atoms with Gasteiger partial charge in [-0.3, -0.25) is 0 Å². The quantitative estimate of drug-likeness (QED) is 0.625. The molecule has 0 aromatic heterocycles. The van der Waals surface area contributed by atoms with Crippen molar-refractivity contribution in [3.05, 3.63) is 23.2 Å². The third-order valence-electron chi connectivity index (χ3n) is 3.53. The zero-order valence-electron chi connectivity index (χ0n) is 10.5. The van der Waals surface area contributed by atoms with Crippen LogP contribution in [0.25, 0.3) is 0 Å². The molecule has 0 atom stereocenters. The summed E-state index contributed by atoms with van der Waals surface area (Å²) in [5, 5.41) is 0.612. The summed E-state index contributed by atoms with van der Waals surface area (Å²) in [6.07, 6.45) is 0. The normalized spacial score (nSPS) is 21.9. The van der Waals surface area contributed by atoms with E-state index in [0.717, 1.165) is 5.46 Å². The predicted molar refractivity (Wildman–Crippen MR) is 74.4 cm³/mol. The molecule has 1 saturated heterocycles. The van der Waals surface area contributed by atoms with Gasteiger partial charge in [0.2, 0.25) is 0 Å². The molecule has 0 bridgehead atoms. The topological polar surface area (TPSA) is 18.5 Å². The molecule has 1 fully saturated rings. The van der Waals surface area contributed by atoms with Crippen molar-refractivity contribution < 1.29 is 9.31 Å². The highest BCUT2D eigenvalue weighted by Crippen LogP contribution is 2.37. The third kappa shape index (κ3) is 2.24. The van der Waals surface area contributed by atoms with Crippen LogP contribution in [-0.2, 0) is 9.31 Å². The van der Waals surface area contributed by atoms with Gasteiger partial charge in [0, 0.05) is 4.90 Å². The molecule has 0 aliphatic carbocycles. The lowest BCUT2D eigenvalue weighted by atomic mass is 9.79. The number of hydrogen-bond acceptors (Lipinski definition) is 3. The number of thiol groups is 1. The second-order valence-electron chi connectivity index (χ2n) is 5.27. The zero-order chi connectivity index (χ0) is 12.8. The Labute approximate surface area is 113 Å². The Morgan fingerprint density at radius 2 is 1.65 bits per heavy atom. The summed E-state index contributed by atoms with van der Waals surface area (Å²) in [5.74, 6) is 0. The van der Waals surface area contributed by atoms with Crippen molar-refractivity contribution in [2.24, 2.45) is 0 Å². The smallest absolute Gasteiger partial charge is 0.399 e. The monoisotopic (exact) mass is 270 g/mol. The van der Waals surface area contributed by atoms with Gasteiger partial charge in [-0.05, 0) is 39.2 Å². The largest absolute Gasteiger partial charge is 0.496 e. The molecule has 1 aromatic carbocycles. The molecular formula is C12H16BClO2S. The zero-order valence-corrected chi connectivity index (χ0v) is 12.1. The molecule has 2 rings (SSSR count). The Balaban J connectivity index is 2.36. The number of halogens is 1. The molecule has 1 aliphatic heterocycles. The predicted octanol–water partition coefficient (Wildman–Crippen LogP) is 2.93. The molecule has 0 radical (unpaired) electrons. The summed E-state index contributed by atoms with van der Waals surface area (Å²) in [7, 11) is -0.411. The standard InChI is InChI=1S/C12H16BClO2S/c1-11(2)12(3,4)16-13(15-11)8-6-5-7-9(14)10(8)17/h5-7,17H,1-4H3. The van der Waals surface area contributed by atoms with Crippen LogP contribution in [0.4, 0.5) is 0 Å². The molecule has 0 spiro atoms. The first-order valence-electron chi connectivity index (χ1n) is 5.57. The average Bonchev–Trinajstić information content (AvgIpc) is 2.40. The van der Waals surface area contributed by atoms with Gasteiger partial charge >= 0.3 is 7.12 Å². The maximum absolute atomic E-state index is 6.05. The van der Waals surface area contributed by atoms with E-state index in [1.807, 2.05) is 39.8 Å². The summed E-state index contributed by atoms with van der Waals surface area (Å²) in [4.78, 5) is 0.715. The van der Waals surface area contributed by atoms with Gasteiger partial charge < -0.3 is 9.31 Å². The van der Waals surface area contributed by atoms with E-state index in [1.54, 1.807) is 6.07 Å². The van der Waals surface area contributed by atoms with Crippen LogP contribution in [-0.4, -0.2) is 18.3 Å². The van der Waals surface area contributed by atoms with Gasteiger partial charge in [-0.2, -0.15) is 0 Å². The molecule has 0 N–H and O–H groups in total. The number of rotatable bonds is 1. The van der Waals surface area contributed by atoms with Crippen LogP contribution in [0.1, 0.15) is 27.7 Å². The molecule has 92 valence electrons. The van der Waals surface area contributed by atoms with E-state index < -0.39 is 7.12 Å². The second kappa shape index (κ2) is 4.20. The Hall–Kier alpha value is -0.155. The van der Waals surface area contributed by atoms with E-state index >= 15 is 0 Å². The van der Waals surface area contributed by atoms with Crippen LogP contribution in [0.2, 0.25) is 5.02 Å². The van der Waals surface area contributed by atoms with Crippen molar-refractivity contribution in [2.45, 2.75) is 43.8 Å². The third-order valence-corrected chi connectivity index (χ3v) is 4.47. The van der Waals surface area contributed by atoms with Crippen molar-refractivity contribution >= 4 is 36.8 Å². The fourth-order valence-electron chi connectivity index (χ4n) is 1.69. The molecule has 17 heavy (non-hydrogen) atoms. The van der Waals surface area contributed by atoms with Crippen molar-refractivity contribution in [3.63, 3.8) is 0 Å². The maximum atomic E-state index is 6.05. The molecule has 1 heterocycles. The Kier molecular flexibility index (Phi) is 3.28. The molecule has 0 amide bonds. The van der Waals surface area contributed by atoms with Crippen molar-refractivity contribution in [1.29, 1.82) is 0 Å². The number of benzene rings is 1. The molecule has 1 aromatic rings. The van der Waals surface area contributed by atoms with Crippen molar-refractivity contribution in [1.82, 2.24) is 0 Å². The fourth-order valence-corrected chi connectivity index (χ4v) is 2.13. The van der Waals surface area contributed by atoms with Crippen LogP contribution < -0.4 is 5.46 Å². The van der Waals surface area contributed by atoms with Gasteiger partial charge in [-0.1, -0.05) is 23.7 Å². The van der Waals surface area contributed by atoms with Gasteiger partial charge in [0.05, 0.1) is 16.2 Å². The SMILES string of the molecule is CC1(C)OB(c2cccc(Cl)c2S)OC1(C)C. The van der Waals surface area contributed by atoms with Crippen LogP contribution in [0.3, 0.4) is 0 Å². The van der Waals surface area contributed by atoms with Crippen LogP contribution >= 0.6 is 24.2 Å². The van der Waals surface area contributed by atoms with Crippen LogP contribution in [0.15, 0.2) is 23.1 Å². The molecular weight excluding hydrogens is 254 g/mol. The first-order valence-corrected chi connectivity index (χ1v) is 6.40. The van der Waals surface area contributed by atoms with Gasteiger partial charge in [-0.25, -0.2) is 0 Å². The molecule has 2 nitrogen and oxygen atoms in total. The molecule has 5 heteroatoms. The van der Waals surface area contributed by atoms with E-state index in [1.165, 1.54) is 0 Å². The Bertz CT molecular complexity index is 432. The summed E-state index contributed by atoms with van der Waals surface area (Å²) in [6.45, 7) is 8.09. The van der Waals surface area contributed by atoms with Gasteiger partial charge in [0.15, 0.2) is 0 Å². The minimum atomic E-state index is -0.411. The van der Waals surface area contributed by atoms with E-state index in [-0.39, 0.29) is 11.2 Å². The lowest BCUT2D eigenvalue weighted by molar-refractivity contribution is 0.00578. The molecule has 0 unspecified atom stereocenters.